The van der Waals surface area contributed by atoms with E-state index in [1.807, 2.05) is 28.9 Å². The van der Waals surface area contributed by atoms with Gasteiger partial charge in [0.25, 0.3) is 5.56 Å². The lowest BCUT2D eigenvalue weighted by molar-refractivity contribution is 0.138. The van der Waals surface area contributed by atoms with Crippen molar-refractivity contribution in [1.29, 1.82) is 0 Å². The molecule has 2 fully saturated rings. The quantitative estimate of drug-likeness (QED) is 0.429. The first-order chi connectivity index (χ1) is 17.7. The van der Waals surface area contributed by atoms with Gasteiger partial charge in [-0.05, 0) is 55.1 Å². The predicted octanol–water partition coefficient (Wildman–Crippen LogP) is 2.87. The molecule has 2 N–H and O–H groups in total. The second kappa shape index (κ2) is 8.72. The Bertz CT molecular complexity index is 1500. The van der Waals surface area contributed by atoms with Crippen LogP contribution in [0.15, 0.2) is 47.4 Å². The van der Waals surface area contributed by atoms with Gasteiger partial charge < -0.3 is 20.1 Å². The minimum Gasteiger partial charge on any atom is -0.472 e. The van der Waals surface area contributed by atoms with E-state index in [0.29, 0.717) is 41.9 Å². The molecule has 3 aromatic heterocycles. The second-order valence-electron chi connectivity index (χ2n) is 9.60. The van der Waals surface area contributed by atoms with Crippen molar-refractivity contribution in [3.05, 3.63) is 64.1 Å². The van der Waals surface area contributed by atoms with Crippen LogP contribution in [0.5, 0.6) is 5.88 Å². The van der Waals surface area contributed by atoms with E-state index in [1.165, 1.54) is 11.1 Å². The summed E-state index contributed by atoms with van der Waals surface area (Å²) >= 11 is 0. The Morgan fingerprint density at radius 1 is 1.11 bits per heavy atom. The molecule has 184 valence electrons. The molecule has 1 atom stereocenters. The normalized spacial score (nSPS) is 19.4. The third-order valence-corrected chi connectivity index (χ3v) is 6.97. The van der Waals surface area contributed by atoms with Gasteiger partial charge in [0.1, 0.15) is 11.5 Å². The lowest BCUT2D eigenvalue weighted by Gasteiger charge is -2.18. The average molecular weight is 486 g/mol. The van der Waals surface area contributed by atoms with E-state index in [0.717, 1.165) is 44.5 Å². The maximum atomic E-state index is 13.4. The number of nitrogens with one attached hydrogen (secondary N) is 2. The Balaban J connectivity index is 1.28. The van der Waals surface area contributed by atoms with Crippen molar-refractivity contribution in [2.45, 2.75) is 44.4 Å². The monoisotopic (exact) mass is 485 g/mol. The lowest BCUT2D eigenvalue weighted by atomic mass is 10.0. The fraction of sp³-hybridized carbons (Fsp3) is 0.385. The van der Waals surface area contributed by atoms with Crippen LogP contribution >= 0.6 is 0 Å². The Kier molecular flexibility index (Phi) is 5.21. The summed E-state index contributed by atoms with van der Waals surface area (Å²) in [5, 5.41) is 7.20. The molecule has 0 radical (unpaired) electrons. The number of fused-ring (bicyclic) bond motifs is 2. The number of hydrogen-bond acceptors (Lipinski definition) is 8. The van der Waals surface area contributed by atoms with Crippen LogP contribution in [0.4, 0.5) is 11.6 Å². The summed E-state index contributed by atoms with van der Waals surface area (Å²) in [6, 6.07) is 12.1. The number of rotatable bonds is 6. The molecule has 0 spiro atoms. The molecule has 1 aliphatic carbocycles. The summed E-state index contributed by atoms with van der Waals surface area (Å²) in [5.74, 6) is 1.54. The van der Waals surface area contributed by atoms with Crippen molar-refractivity contribution in [1.82, 2.24) is 29.6 Å². The van der Waals surface area contributed by atoms with Gasteiger partial charge in [0, 0.05) is 30.9 Å². The molecule has 2 aliphatic heterocycles. The van der Waals surface area contributed by atoms with Crippen molar-refractivity contribution in [3.63, 3.8) is 0 Å². The molecule has 7 rings (SSSR count). The van der Waals surface area contributed by atoms with Gasteiger partial charge in [-0.25, -0.2) is 14.3 Å². The molecule has 10 heteroatoms. The topological polar surface area (TPSA) is 108 Å². The summed E-state index contributed by atoms with van der Waals surface area (Å²) < 4.78 is 15.0. The molecule has 1 aromatic carbocycles. The van der Waals surface area contributed by atoms with Crippen molar-refractivity contribution < 1.29 is 9.47 Å². The zero-order valence-electron chi connectivity index (χ0n) is 19.8. The molecule has 0 bridgehead atoms. The zero-order valence-corrected chi connectivity index (χ0v) is 19.8. The fourth-order valence-electron chi connectivity index (χ4n) is 4.98. The lowest BCUT2D eigenvalue weighted by Crippen LogP contribution is -2.23. The highest BCUT2D eigenvalue weighted by atomic mass is 16.5. The van der Waals surface area contributed by atoms with E-state index in [1.54, 1.807) is 10.9 Å². The highest BCUT2D eigenvalue weighted by Gasteiger charge is 2.31. The summed E-state index contributed by atoms with van der Waals surface area (Å²) in [6.07, 6.45) is 5.34. The van der Waals surface area contributed by atoms with Crippen LogP contribution in [0.2, 0.25) is 0 Å². The molecule has 4 aromatic rings. The summed E-state index contributed by atoms with van der Waals surface area (Å²) in [5.41, 5.74) is 4.00. The smallest absolute Gasteiger partial charge is 0.278 e. The largest absolute Gasteiger partial charge is 0.472 e. The first-order valence-electron chi connectivity index (χ1n) is 12.5. The predicted molar refractivity (Wildman–Crippen MR) is 134 cm³/mol. The highest BCUT2D eigenvalue weighted by Crippen LogP contribution is 2.35. The van der Waals surface area contributed by atoms with Crippen molar-refractivity contribution in [3.8, 4) is 11.7 Å². The number of hydrogen-bond donors (Lipinski definition) is 2. The van der Waals surface area contributed by atoms with Crippen LogP contribution < -0.4 is 20.9 Å². The van der Waals surface area contributed by atoms with Crippen LogP contribution in [0.3, 0.4) is 0 Å². The number of nitrogens with zero attached hydrogens (tertiary/aromatic N) is 5. The van der Waals surface area contributed by atoms with Crippen LogP contribution in [0.1, 0.15) is 36.4 Å². The fourth-order valence-corrected chi connectivity index (χ4v) is 4.98. The van der Waals surface area contributed by atoms with Gasteiger partial charge in [-0.15, -0.1) is 0 Å². The van der Waals surface area contributed by atoms with Gasteiger partial charge in [0.05, 0.1) is 19.3 Å². The van der Waals surface area contributed by atoms with E-state index in [4.69, 9.17) is 19.4 Å². The molecule has 1 saturated carbocycles. The number of pyridine rings is 1. The average Bonchev–Trinajstić information content (AvgIpc) is 3.53. The van der Waals surface area contributed by atoms with Gasteiger partial charge in [-0.2, -0.15) is 9.97 Å². The van der Waals surface area contributed by atoms with Crippen molar-refractivity contribution in [2.24, 2.45) is 0 Å². The maximum Gasteiger partial charge on any atom is 0.278 e. The SMILES string of the molecule is O=c1c2cnc(Nc3ccc4c(c3)CCNC4)nc2n(-c2cccc(OC3CCOC3)n2)n1C1CC1. The van der Waals surface area contributed by atoms with Gasteiger partial charge >= 0.3 is 0 Å². The Hall–Kier alpha value is -3.76. The van der Waals surface area contributed by atoms with Crippen LogP contribution in [0, 0.1) is 0 Å². The molecular weight excluding hydrogens is 458 g/mol. The number of benzene rings is 1. The first-order valence-corrected chi connectivity index (χ1v) is 12.5. The van der Waals surface area contributed by atoms with Gasteiger partial charge in [0.15, 0.2) is 11.5 Å². The molecule has 0 amide bonds. The molecular formula is C26H27N7O3. The third kappa shape index (κ3) is 3.92. The van der Waals surface area contributed by atoms with E-state index >= 15 is 0 Å². The summed E-state index contributed by atoms with van der Waals surface area (Å²) in [4.78, 5) is 27.4. The third-order valence-electron chi connectivity index (χ3n) is 6.97. The molecule has 1 unspecified atom stereocenters. The van der Waals surface area contributed by atoms with Gasteiger partial charge in [0.2, 0.25) is 11.8 Å². The van der Waals surface area contributed by atoms with Crippen LogP contribution in [-0.2, 0) is 17.7 Å². The Morgan fingerprint density at radius 2 is 2.06 bits per heavy atom. The Morgan fingerprint density at radius 3 is 2.92 bits per heavy atom. The number of ether oxygens (including phenoxy) is 2. The summed E-state index contributed by atoms with van der Waals surface area (Å²) in [7, 11) is 0. The number of aromatic nitrogens is 5. The zero-order chi connectivity index (χ0) is 24.1. The van der Waals surface area contributed by atoms with E-state index in [9.17, 15) is 4.79 Å². The second-order valence-corrected chi connectivity index (χ2v) is 9.60. The molecule has 1 saturated heterocycles. The van der Waals surface area contributed by atoms with Crippen molar-refractivity contribution in [2.75, 3.05) is 25.1 Å². The first kappa shape index (κ1) is 21.5. The highest BCUT2D eigenvalue weighted by molar-refractivity contribution is 5.77. The van der Waals surface area contributed by atoms with Gasteiger partial charge in [-0.3, -0.25) is 4.79 Å². The van der Waals surface area contributed by atoms with Crippen LogP contribution in [0.25, 0.3) is 16.9 Å². The molecule has 36 heavy (non-hydrogen) atoms. The molecule has 5 heterocycles. The summed E-state index contributed by atoms with van der Waals surface area (Å²) in [6.45, 7) is 3.13. The van der Waals surface area contributed by atoms with Gasteiger partial charge in [-0.1, -0.05) is 12.1 Å². The Labute approximate surface area is 207 Å². The van der Waals surface area contributed by atoms with E-state index in [2.05, 4.69) is 27.8 Å². The minimum atomic E-state index is -0.0994. The molecule has 3 aliphatic rings. The maximum absolute atomic E-state index is 13.4. The van der Waals surface area contributed by atoms with Crippen LogP contribution in [-0.4, -0.2) is 50.2 Å². The minimum absolute atomic E-state index is 0.00897. The van der Waals surface area contributed by atoms with Crippen molar-refractivity contribution >= 4 is 22.7 Å². The van der Waals surface area contributed by atoms with E-state index in [-0.39, 0.29) is 17.7 Å². The number of anilines is 2. The van der Waals surface area contributed by atoms with E-state index < -0.39 is 0 Å². The molecule has 10 nitrogen and oxygen atoms in total. The standard InChI is InChI=1S/C26H27N7O3/c34-25-21-14-28-26(29-18-5-4-17-13-27-10-8-16(17)12-18)31-24(21)33(32(25)19-6-7-19)22-2-1-3-23(30-22)36-20-9-11-35-15-20/h1-5,12,14,19-20,27H,6-11,13,15H2,(H,28,29,31).